The van der Waals surface area contributed by atoms with Crippen molar-refractivity contribution in [2.45, 2.75) is 0 Å². The SMILES string of the molecule is O=c1oc2ccccc2c2cc(-c3cccs3)nn12. The number of benzene rings is 1. The highest BCUT2D eigenvalue weighted by Gasteiger charge is 2.11. The number of hydrogen-bond acceptors (Lipinski definition) is 4. The van der Waals surface area contributed by atoms with Crippen LogP contribution in [-0.2, 0) is 0 Å². The molecule has 4 aromatic rings. The lowest BCUT2D eigenvalue weighted by atomic mass is 10.2. The van der Waals surface area contributed by atoms with Gasteiger partial charge in [0.1, 0.15) is 11.3 Å². The van der Waals surface area contributed by atoms with Crippen LogP contribution >= 0.6 is 11.3 Å². The lowest BCUT2D eigenvalue weighted by Crippen LogP contribution is -2.12. The fourth-order valence-electron chi connectivity index (χ4n) is 2.16. The van der Waals surface area contributed by atoms with Gasteiger partial charge in [0, 0.05) is 5.39 Å². The first kappa shape index (κ1) is 10.5. The molecule has 0 saturated carbocycles. The van der Waals surface area contributed by atoms with Crippen molar-refractivity contribution in [1.29, 1.82) is 0 Å². The van der Waals surface area contributed by atoms with Crippen LogP contribution < -0.4 is 5.76 Å². The van der Waals surface area contributed by atoms with E-state index in [1.807, 2.05) is 41.8 Å². The number of thiophene rings is 1. The zero-order valence-electron chi connectivity index (χ0n) is 9.74. The highest BCUT2D eigenvalue weighted by molar-refractivity contribution is 7.13. The Labute approximate surface area is 111 Å². The number of hydrogen-bond donors (Lipinski definition) is 0. The monoisotopic (exact) mass is 268 g/mol. The van der Waals surface area contributed by atoms with Crippen molar-refractivity contribution in [3.8, 4) is 10.6 Å². The Kier molecular flexibility index (Phi) is 2.10. The molecule has 92 valence electrons. The maximum absolute atomic E-state index is 11.9. The molecule has 4 rings (SSSR count). The Morgan fingerprint density at radius 3 is 2.89 bits per heavy atom. The first-order chi connectivity index (χ1) is 9.33. The minimum Gasteiger partial charge on any atom is -0.408 e. The van der Waals surface area contributed by atoms with E-state index >= 15 is 0 Å². The highest BCUT2D eigenvalue weighted by Crippen LogP contribution is 2.26. The van der Waals surface area contributed by atoms with E-state index in [2.05, 4.69) is 5.10 Å². The van der Waals surface area contributed by atoms with E-state index in [9.17, 15) is 4.79 Å². The Morgan fingerprint density at radius 1 is 1.16 bits per heavy atom. The second-order valence-corrected chi connectivity index (χ2v) is 5.12. The molecule has 0 fully saturated rings. The van der Waals surface area contributed by atoms with Crippen molar-refractivity contribution in [3.05, 3.63) is 58.4 Å². The molecule has 4 nitrogen and oxygen atoms in total. The molecule has 0 aliphatic carbocycles. The standard InChI is InChI=1S/C14H8N2O2S/c17-14-16-11(9-4-1-2-5-12(9)18-14)8-10(15-16)13-6-3-7-19-13/h1-8H. The molecule has 3 aromatic heterocycles. The van der Waals surface area contributed by atoms with Gasteiger partial charge in [0.25, 0.3) is 0 Å². The maximum atomic E-state index is 11.9. The molecule has 0 aliphatic heterocycles. The first-order valence-corrected chi connectivity index (χ1v) is 6.66. The lowest BCUT2D eigenvalue weighted by molar-refractivity contribution is 0.508. The smallest absolute Gasteiger partial charge is 0.408 e. The van der Waals surface area contributed by atoms with E-state index in [1.54, 1.807) is 17.4 Å². The predicted octanol–water partition coefficient (Wildman–Crippen LogP) is 3.17. The van der Waals surface area contributed by atoms with Crippen LogP contribution in [0.5, 0.6) is 0 Å². The molecule has 0 saturated heterocycles. The first-order valence-electron chi connectivity index (χ1n) is 5.78. The normalized spacial score (nSPS) is 11.4. The van der Waals surface area contributed by atoms with Gasteiger partial charge in [0.2, 0.25) is 0 Å². The molecule has 19 heavy (non-hydrogen) atoms. The molecule has 0 bridgehead atoms. The third kappa shape index (κ3) is 1.52. The van der Waals surface area contributed by atoms with Gasteiger partial charge in [0.15, 0.2) is 0 Å². The van der Waals surface area contributed by atoms with Gasteiger partial charge in [0.05, 0.1) is 10.4 Å². The van der Waals surface area contributed by atoms with Crippen LogP contribution in [0, 0.1) is 0 Å². The van der Waals surface area contributed by atoms with Crippen LogP contribution in [0.3, 0.4) is 0 Å². The van der Waals surface area contributed by atoms with Crippen molar-refractivity contribution >= 4 is 27.8 Å². The van der Waals surface area contributed by atoms with Crippen molar-refractivity contribution in [2.24, 2.45) is 0 Å². The molecule has 1 aromatic carbocycles. The third-order valence-electron chi connectivity index (χ3n) is 3.02. The summed E-state index contributed by atoms with van der Waals surface area (Å²) in [5.74, 6) is -0.462. The van der Waals surface area contributed by atoms with Gasteiger partial charge < -0.3 is 4.42 Å². The average Bonchev–Trinajstić information content (AvgIpc) is 3.08. The van der Waals surface area contributed by atoms with Gasteiger partial charge in [-0.05, 0) is 29.6 Å². The van der Waals surface area contributed by atoms with E-state index in [0.717, 1.165) is 21.5 Å². The molecule has 5 heteroatoms. The summed E-state index contributed by atoms with van der Waals surface area (Å²) in [6.45, 7) is 0. The molecule has 0 amide bonds. The molecular weight excluding hydrogens is 260 g/mol. The summed E-state index contributed by atoms with van der Waals surface area (Å²) in [5, 5.41) is 7.20. The second-order valence-electron chi connectivity index (χ2n) is 4.17. The Bertz CT molecular complexity index is 935. The van der Waals surface area contributed by atoms with Crippen molar-refractivity contribution in [3.63, 3.8) is 0 Å². The number of aromatic nitrogens is 2. The van der Waals surface area contributed by atoms with E-state index in [0.29, 0.717) is 5.58 Å². The average molecular weight is 268 g/mol. The number of fused-ring (bicyclic) bond motifs is 3. The van der Waals surface area contributed by atoms with Crippen molar-refractivity contribution in [1.82, 2.24) is 9.61 Å². The molecule has 3 heterocycles. The van der Waals surface area contributed by atoms with Gasteiger partial charge in [-0.1, -0.05) is 18.2 Å². The van der Waals surface area contributed by atoms with Crippen LogP contribution in [0.25, 0.3) is 27.1 Å². The lowest BCUT2D eigenvalue weighted by Gasteiger charge is -1.97. The molecule has 0 N–H and O–H groups in total. The van der Waals surface area contributed by atoms with Crippen LogP contribution in [-0.4, -0.2) is 9.61 Å². The highest BCUT2D eigenvalue weighted by atomic mass is 32.1. The van der Waals surface area contributed by atoms with E-state index < -0.39 is 5.76 Å². The summed E-state index contributed by atoms with van der Waals surface area (Å²) in [5.41, 5.74) is 2.14. The molecule has 0 aliphatic rings. The Morgan fingerprint density at radius 2 is 2.05 bits per heavy atom. The number of rotatable bonds is 1. The largest absolute Gasteiger partial charge is 0.440 e. The number of nitrogens with zero attached hydrogens (tertiary/aromatic N) is 2. The number of para-hydroxylation sites is 1. The van der Waals surface area contributed by atoms with Crippen LogP contribution in [0.2, 0.25) is 0 Å². The van der Waals surface area contributed by atoms with Gasteiger partial charge >= 0.3 is 5.76 Å². The van der Waals surface area contributed by atoms with Crippen LogP contribution in [0.1, 0.15) is 0 Å². The zero-order chi connectivity index (χ0) is 12.8. The summed E-state index contributed by atoms with van der Waals surface area (Å²) in [6.07, 6.45) is 0. The van der Waals surface area contributed by atoms with Gasteiger partial charge in [-0.3, -0.25) is 0 Å². The maximum Gasteiger partial charge on any atom is 0.440 e. The predicted molar refractivity (Wildman–Crippen MR) is 74.5 cm³/mol. The fourth-order valence-corrected chi connectivity index (χ4v) is 2.84. The summed E-state index contributed by atoms with van der Waals surface area (Å²) in [4.78, 5) is 12.9. The zero-order valence-corrected chi connectivity index (χ0v) is 10.6. The topological polar surface area (TPSA) is 47.5 Å². The quantitative estimate of drug-likeness (QED) is 0.532. The Hall–Kier alpha value is -2.40. The molecule has 0 unspecified atom stereocenters. The summed E-state index contributed by atoms with van der Waals surface area (Å²) < 4.78 is 6.57. The molecule has 0 atom stereocenters. The molecular formula is C14H8N2O2S. The van der Waals surface area contributed by atoms with E-state index in [1.165, 1.54) is 4.52 Å². The minimum absolute atomic E-state index is 0.462. The molecule has 0 spiro atoms. The summed E-state index contributed by atoms with van der Waals surface area (Å²) in [6, 6.07) is 13.3. The van der Waals surface area contributed by atoms with Gasteiger partial charge in [-0.15, -0.1) is 11.3 Å². The van der Waals surface area contributed by atoms with Gasteiger partial charge in [-0.2, -0.15) is 9.61 Å². The fraction of sp³-hybridized carbons (Fsp3) is 0. The van der Waals surface area contributed by atoms with Crippen LogP contribution in [0.4, 0.5) is 0 Å². The molecule has 0 radical (unpaired) electrons. The summed E-state index contributed by atoms with van der Waals surface area (Å²) >= 11 is 1.59. The Balaban J connectivity index is 2.16. The van der Waals surface area contributed by atoms with Crippen molar-refractivity contribution < 1.29 is 4.42 Å². The van der Waals surface area contributed by atoms with Crippen LogP contribution in [0.15, 0.2) is 57.1 Å². The second kappa shape index (κ2) is 3.80. The van der Waals surface area contributed by atoms with Crippen molar-refractivity contribution in [2.75, 3.05) is 0 Å². The van der Waals surface area contributed by atoms with Gasteiger partial charge in [-0.25, -0.2) is 4.79 Å². The van der Waals surface area contributed by atoms with E-state index in [4.69, 9.17) is 4.42 Å². The minimum atomic E-state index is -0.462. The van der Waals surface area contributed by atoms with E-state index in [-0.39, 0.29) is 0 Å². The third-order valence-corrected chi connectivity index (χ3v) is 3.91. The summed E-state index contributed by atoms with van der Waals surface area (Å²) in [7, 11) is 0.